The number of hydrogen-bond acceptors (Lipinski definition) is 1. The first-order valence-corrected chi connectivity index (χ1v) is 6.69. The Bertz CT molecular complexity index is 560. The van der Waals surface area contributed by atoms with Crippen molar-refractivity contribution < 1.29 is 0 Å². The fraction of sp³-hybridized carbons (Fsp3) is 0.250. The Morgan fingerprint density at radius 2 is 1.89 bits per heavy atom. The second-order valence-electron chi connectivity index (χ2n) is 4.99. The Kier molecular flexibility index (Phi) is 3.00. The highest BCUT2D eigenvalue weighted by Gasteiger charge is 2.19. The molecule has 1 N–H and O–H groups in total. The van der Waals surface area contributed by atoms with Gasteiger partial charge < -0.3 is 5.32 Å². The van der Waals surface area contributed by atoms with Crippen LogP contribution in [0.15, 0.2) is 42.5 Å². The molecule has 0 saturated carbocycles. The van der Waals surface area contributed by atoms with Gasteiger partial charge >= 0.3 is 0 Å². The molecule has 3 rings (SSSR count). The minimum atomic E-state index is 0.539. The summed E-state index contributed by atoms with van der Waals surface area (Å²) in [5, 5.41) is 4.34. The van der Waals surface area contributed by atoms with Crippen LogP contribution in [0.1, 0.15) is 22.6 Å². The lowest BCUT2D eigenvalue weighted by Crippen LogP contribution is -2.21. The molecule has 0 aromatic heterocycles. The van der Waals surface area contributed by atoms with Gasteiger partial charge in [-0.05, 0) is 48.2 Å². The maximum Gasteiger partial charge on any atom is 0.0406 e. The Morgan fingerprint density at radius 1 is 1.11 bits per heavy atom. The van der Waals surface area contributed by atoms with Crippen LogP contribution in [0.4, 0.5) is 5.69 Å². The first-order chi connectivity index (χ1) is 8.72. The molecule has 1 nitrogen and oxygen atoms in total. The summed E-state index contributed by atoms with van der Waals surface area (Å²) in [5.74, 6) is 0.539. The summed E-state index contributed by atoms with van der Waals surface area (Å²) >= 11 is 5.93. The molecule has 1 atom stereocenters. The number of anilines is 1. The van der Waals surface area contributed by atoms with Crippen molar-refractivity contribution >= 4 is 17.3 Å². The summed E-state index contributed by atoms with van der Waals surface area (Å²) in [6.07, 6.45) is 1.10. The summed E-state index contributed by atoms with van der Waals surface area (Å²) in [6, 6.07) is 14.9. The molecule has 1 aliphatic rings. The zero-order valence-electron chi connectivity index (χ0n) is 10.4. The predicted octanol–water partition coefficient (Wildman–Crippen LogP) is 4.40. The second-order valence-corrected chi connectivity index (χ2v) is 5.43. The molecule has 0 radical (unpaired) electrons. The van der Waals surface area contributed by atoms with Gasteiger partial charge in [-0.25, -0.2) is 0 Å². The summed E-state index contributed by atoms with van der Waals surface area (Å²) in [4.78, 5) is 0. The van der Waals surface area contributed by atoms with E-state index in [1.807, 2.05) is 12.1 Å². The van der Waals surface area contributed by atoms with Gasteiger partial charge in [0, 0.05) is 23.2 Å². The van der Waals surface area contributed by atoms with E-state index in [-0.39, 0.29) is 0 Å². The molecule has 92 valence electrons. The number of benzene rings is 2. The van der Waals surface area contributed by atoms with Gasteiger partial charge in [-0.15, -0.1) is 0 Å². The summed E-state index contributed by atoms with van der Waals surface area (Å²) in [5.41, 5.74) is 5.37. The first-order valence-electron chi connectivity index (χ1n) is 6.31. The summed E-state index contributed by atoms with van der Waals surface area (Å²) < 4.78 is 0. The lowest BCUT2D eigenvalue weighted by Gasteiger charge is -2.27. The Labute approximate surface area is 113 Å². The molecule has 0 aliphatic carbocycles. The number of hydrogen-bond donors (Lipinski definition) is 1. The summed E-state index contributed by atoms with van der Waals surface area (Å²) in [6.45, 7) is 3.13. The van der Waals surface area contributed by atoms with Crippen molar-refractivity contribution in [3.63, 3.8) is 0 Å². The van der Waals surface area contributed by atoms with E-state index in [9.17, 15) is 0 Å². The minimum Gasteiger partial charge on any atom is -0.384 e. The normalized spacial score (nSPS) is 18.0. The smallest absolute Gasteiger partial charge is 0.0406 e. The molecule has 0 spiro atoms. The molecular weight excluding hydrogens is 242 g/mol. The average molecular weight is 258 g/mol. The van der Waals surface area contributed by atoms with Gasteiger partial charge in [0.05, 0.1) is 0 Å². The number of aryl methyl sites for hydroxylation is 1. The van der Waals surface area contributed by atoms with Crippen LogP contribution in [0.5, 0.6) is 0 Å². The van der Waals surface area contributed by atoms with Gasteiger partial charge in [-0.2, -0.15) is 0 Å². The quantitative estimate of drug-likeness (QED) is 0.798. The largest absolute Gasteiger partial charge is 0.384 e. The van der Waals surface area contributed by atoms with Crippen molar-refractivity contribution in [3.8, 4) is 0 Å². The van der Waals surface area contributed by atoms with E-state index in [4.69, 9.17) is 11.6 Å². The molecule has 18 heavy (non-hydrogen) atoms. The predicted molar refractivity (Wildman–Crippen MR) is 77.6 cm³/mol. The minimum absolute atomic E-state index is 0.539. The van der Waals surface area contributed by atoms with Crippen LogP contribution in [0.25, 0.3) is 0 Å². The highest BCUT2D eigenvalue weighted by atomic mass is 35.5. The van der Waals surface area contributed by atoms with E-state index in [1.54, 1.807) is 0 Å². The highest BCUT2D eigenvalue weighted by molar-refractivity contribution is 6.30. The van der Waals surface area contributed by atoms with Crippen LogP contribution >= 0.6 is 11.6 Å². The van der Waals surface area contributed by atoms with Crippen molar-refractivity contribution in [2.75, 3.05) is 11.9 Å². The van der Waals surface area contributed by atoms with Gasteiger partial charge in [0.25, 0.3) is 0 Å². The van der Waals surface area contributed by atoms with Crippen molar-refractivity contribution in [1.29, 1.82) is 0 Å². The number of halogens is 1. The number of nitrogens with one attached hydrogen (secondary N) is 1. The van der Waals surface area contributed by atoms with Crippen molar-refractivity contribution in [2.45, 2.75) is 19.3 Å². The maximum atomic E-state index is 5.93. The molecule has 2 heteroatoms. The lowest BCUT2D eigenvalue weighted by atomic mass is 9.88. The fourth-order valence-electron chi connectivity index (χ4n) is 2.57. The SMILES string of the molecule is Cc1ccc2c(c1)NCC(c1ccc(Cl)cc1)C2. The second kappa shape index (κ2) is 4.66. The molecule has 0 fully saturated rings. The molecule has 1 heterocycles. The standard InChI is InChI=1S/C16H16ClN/c1-11-2-3-13-9-14(10-18-16(13)8-11)12-4-6-15(17)7-5-12/h2-8,14,18H,9-10H2,1H3. The van der Waals surface area contributed by atoms with Crippen LogP contribution in [0, 0.1) is 6.92 Å². The number of fused-ring (bicyclic) bond motifs is 1. The monoisotopic (exact) mass is 257 g/mol. The molecular formula is C16H16ClN. The topological polar surface area (TPSA) is 12.0 Å². The van der Waals surface area contributed by atoms with E-state index >= 15 is 0 Å². The highest BCUT2D eigenvalue weighted by Crippen LogP contribution is 2.31. The number of rotatable bonds is 1. The van der Waals surface area contributed by atoms with Crippen LogP contribution in [-0.4, -0.2) is 6.54 Å². The Hall–Kier alpha value is -1.47. The lowest BCUT2D eigenvalue weighted by molar-refractivity contribution is 0.695. The molecule has 0 saturated heterocycles. The maximum absolute atomic E-state index is 5.93. The van der Waals surface area contributed by atoms with Gasteiger partial charge in [-0.3, -0.25) is 0 Å². The third-order valence-electron chi connectivity index (χ3n) is 3.61. The van der Waals surface area contributed by atoms with E-state index in [2.05, 4.69) is 42.6 Å². The average Bonchev–Trinajstić information content (AvgIpc) is 2.39. The van der Waals surface area contributed by atoms with E-state index in [0.717, 1.165) is 18.0 Å². The van der Waals surface area contributed by atoms with Gasteiger partial charge in [0.2, 0.25) is 0 Å². The Balaban J connectivity index is 1.86. The third-order valence-corrected chi connectivity index (χ3v) is 3.86. The molecule has 2 aromatic carbocycles. The molecule has 0 amide bonds. The molecule has 2 aromatic rings. The van der Waals surface area contributed by atoms with Crippen LogP contribution in [0.2, 0.25) is 5.02 Å². The van der Waals surface area contributed by atoms with E-state index in [1.165, 1.54) is 22.4 Å². The summed E-state index contributed by atoms with van der Waals surface area (Å²) in [7, 11) is 0. The van der Waals surface area contributed by atoms with Gasteiger partial charge in [-0.1, -0.05) is 35.9 Å². The molecule has 1 aliphatic heterocycles. The first kappa shape index (κ1) is 11.6. The van der Waals surface area contributed by atoms with Crippen LogP contribution in [0.3, 0.4) is 0 Å². The van der Waals surface area contributed by atoms with Crippen molar-refractivity contribution in [3.05, 3.63) is 64.2 Å². The molecule has 0 bridgehead atoms. The third kappa shape index (κ3) is 2.23. The van der Waals surface area contributed by atoms with Gasteiger partial charge in [0.15, 0.2) is 0 Å². The zero-order chi connectivity index (χ0) is 12.5. The van der Waals surface area contributed by atoms with Crippen molar-refractivity contribution in [2.24, 2.45) is 0 Å². The fourth-order valence-corrected chi connectivity index (χ4v) is 2.70. The van der Waals surface area contributed by atoms with Gasteiger partial charge in [0.1, 0.15) is 0 Å². The Morgan fingerprint density at radius 3 is 2.67 bits per heavy atom. The van der Waals surface area contributed by atoms with E-state index < -0.39 is 0 Å². The van der Waals surface area contributed by atoms with E-state index in [0.29, 0.717) is 5.92 Å². The molecule has 1 unspecified atom stereocenters. The zero-order valence-corrected chi connectivity index (χ0v) is 11.2. The van der Waals surface area contributed by atoms with Crippen LogP contribution in [-0.2, 0) is 6.42 Å². The van der Waals surface area contributed by atoms with Crippen molar-refractivity contribution in [1.82, 2.24) is 0 Å². The van der Waals surface area contributed by atoms with Crippen LogP contribution < -0.4 is 5.32 Å².